The van der Waals surface area contributed by atoms with Crippen LogP contribution in [0.1, 0.15) is 121 Å². The molecule has 0 amide bonds. The molecule has 0 aromatic heterocycles. The minimum absolute atomic E-state index is 0.180. The summed E-state index contributed by atoms with van der Waals surface area (Å²) in [6.07, 6.45) is 20.0. The van der Waals surface area contributed by atoms with E-state index in [2.05, 4.69) is 38.1 Å². The van der Waals surface area contributed by atoms with Crippen molar-refractivity contribution >= 4 is 5.97 Å². The summed E-state index contributed by atoms with van der Waals surface area (Å²) in [4.78, 5) is 13.8. The second kappa shape index (κ2) is 16.7. The molecule has 0 N–H and O–H groups in total. The lowest BCUT2D eigenvalue weighted by atomic mass is 9.79. The topological polar surface area (TPSA) is 35.5 Å². The van der Waals surface area contributed by atoms with Gasteiger partial charge in [0.15, 0.2) is 0 Å². The summed E-state index contributed by atoms with van der Waals surface area (Å²) in [6.45, 7) is 5.27. The van der Waals surface area contributed by atoms with Gasteiger partial charge in [0.1, 0.15) is 5.41 Å². The Balaban J connectivity index is 1.40. The first-order valence-electron chi connectivity index (χ1n) is 15.5. The fraction of sp³-hybridized carbons (Fsp3) is 0.629. The molecule has 210 valence electrons. The molecular weight excluding hydrogens is 468 g/mol. The highest BCUT2D eigenvalue weighted by atomic mass is 16.5. The number of benzene rings is 2. The minimum Gasteiger partial charge on any atom is -0.464 e. The first-order chi connectivity index (χ1) is 18.7. The Morgan fingerprint density at radius 2 is 1.18 bits per heavy atom. The monoisotopic (exact) mass is 520 g/mol. The summed E-state index contributed by atoms with van der Waals surface area (Å²) in [5.41, 5.74) is 3.32. The molecule has 0 spiro atoms. The van der Waals surface area contributed by atoms with Crippen LogP contribution in [0.15, 0.2) is 48.5 Å². The smallest absolute Gasteiger partial charge is 0.323 e. The molecule has 2 aromatic carbocycles. The highest BCUT2D eigenvalue weighted by Gasteiger charge is 2.50. The molecule has 38 heavy (non-hydrogen) atoms. The molecule has 0 heterocycles. The molecule has 0 saturated heterocycles. The van der Waals surface area contributed by atoms with E-state index in [9.17, 15) is 4.79 Å². The number of hydrogen-bond donors (Lipinski definition) is 0. The number of unbranched alkanes of at least 4 members (excludes halogenated alkanes) is 12. The second-order valence-corrected chi connectivity index (χ2v) is 11.3. The lowest BCUT2D eigenvalue weighted by Gasteiger charge is -2.29. The quantitative estimate of drug-likeness (QED) is 0.129. The average Bonchev–Trinajstić information content (AvgIpc) is 3.23. The lowest BCUT2D eigenvalue weighted by Crippen LogP contribution is -2.41. The molecular formula is C35H52O3. The van der Waals surface area contributed by atoms with Crippen LogP contribution in [0, 0.1) is 5.92 Å². The highest BCUT2D eigenvalue weighted by molar-refractivity contribution is 5.98. The maximum atomic E-state index is 13.8. The van der Waals surface area contributed by atoms with Crippen LogP contribution in [-0.2, 0) is 19.7 Å². The van der Waals surface area contributed by atoms with Gasteiger partial charge in [-0.1, -0.05) is 152 Å². The molecule has 3 nitrogen and oxygen atoms in total. The van der Waals surface area contributed by atoms with Gasteiger partial charge >= 0.3 is 5.97 Å². The third-order valence-electron chi connectivity index (χ3n) is 8.52. The van der Waals surface area contributed by atoms with Gasteiger partial charge in [0.05, 0.1) is 13.2 Å². The molecule has 2 aromatic rings. The molecule has 1 aliphatic carbocycles. The van der Waals surface area contributed by atoms with Crippen molar-refractivity contribution in [2.75, 3.05) is 20.3 Å². The predicted octanol–water partition coefficient (Wildman–Crippen LogP) is 9.65. The zero-order valence-corrected chi connectivity index (χ0v) is 24.4. The average molecular weight is 521 g/mol. The van der Waals surface area contributed by atoms with Crippen LogP contribution in [0.2, 0.25) is 0 Å². The Morgan fingerprint density at radius 3 is 1.66 bits per heavy atom. The molecule has 0 radical (unpaired) electrons. The van der Waals surface area contributed by atoms with E-state index in [1.807, 2.05) is 24.3 Å². The number of carbonyl (C=O) groups is 1. The summed E-state index contributed by atoms with van der Waals surface area (Å²) in [6, 6.07) is 16.4. The van der Waals surface area contributed by atoms with Gasteiger partial charge in [0, 0.05) is 7.11 Å². The molecule has 0 bridgehead atoms. The first-order valence-corrected chi connectivity index (χ1v) is 15.5. The van der Waals surface area contributed by atoms with Gasteiger partial charge in [-0.2, -0.15) is 0 Å². The largest absolute Gasteiger partial charge is 0.464 e. The van der Waals surface area contributed by atoms with Gasteiger partial charge in [-0.3, -0.25) is 4.79 Å². The van der Waals surface area contributed by atoms with Gasteiger partial charge in [0.25, 0.3) is 0 Å². The molecule has 1 aliphatic rings. The number of hydrogen-bond acceptors (Lipinski definition) is 3. The number of esters is 1. The normalized spacial score (nSPS) is 14.2. The molecule has 1 unspecified atom stereocenters. The zero-order chi connectivity index (χ0) is 27.1. The van der Waals surface area contributed by atoms with E-state index >= 15 is 0 Å². The van der Waals surface area contributed by atoms with Crippen molar-refractivity contribution in [2.45, 2.75) is 116 Å². The van der Waals surface area contributed by atoms with Crippen molar-refractivity contribution in [3.05, 3.63) is 59.7 Å². The SMILES string of the molecule is CCCCCCCCCCCCCCCC(CC)COC(=O)C1(COC)c2ccccc2-c2ccccc21. The summed E-state index contributed by atoms with van der Waals surface area (Å²) in [5, 5.41) is 0. The fourth-order valence-electron chi connectivity index (χ4n) is 6.15. The second-order valence-electron chi connectivity index (χ2n) is 11.3. The maximum Gasteiger partial charge on any atom is 0.323 e. The van der Waals surface area contributed by atoms with Gasteiger partial charge < -0.3 is 9.47 Å². The van der Waals surface area contributed by atoms with Crippen molar-refractivity contribution in [1.82, 2.24) is 0 Å². The summed E-state index contributed by atoms with van der Waals surface area (Å²) >= 11 is 0. The Bertz CT molecular complexity index is 904. The van der Waals surface area contributed by atoms with Gasteiger partial charge in [-0.25, -0.2) is 0 Å². The van der Waals surface area contributed by atoms with Crippen LogP contribution in [0.3, 0.4) is 0 Å². The van der Waals surface area contributed by atoms with Crippen molar-refractivity contribution in [1.29, 1.82) is 0 Å². The van der Waals surface area contributed by atoms with E-state index in [1.54, 1.807) is 7.11 Å². The fourth-order valence-corrected chi connectivity index (χ4v) is 6.15. The van der Waals surface area contributed by atoms with Crippen LogP contribution in [0.5, 0.6) is 0 Å². The standard InChI is InChI=1S/C35H52O3/c1-4-6-7-8-9-10-11-12-13-14-15-16-17-22-29(5-2)27-38-34(36)35(28-37-3)32-25-20-18-23-30(32)31-24-19-21-26-33(31)35/h18-21,23-26,29H,4-17,22,27-28H2,1-3H3. The van der Waals surface area contributed by atoms with Crippen molar-refractivity contribution < 1.29 is 14.3 Å². The Kier molecular flexibility index (Phi) is 13.4. The summed E-state index contributed by atoms with van der Waals surface area (Å²) < 4.78 is 11.7. The van der Waals surface area contributed by atoms with E-state index < -0.39 is 5.41 Å². The van der Waals surface area contributed by atoms with Crippen LogP contribution in [0.4, 0.5) is 0 Å². The summed E-state index contributed by atoms with van der Waals surface area (Å²) in [5.74, 6) is 0.235. The third-order valence-corrected chi connectivity index (χ3v) is 8.52. The number of carbonyl (C=O) groups excluding carboxylic acids is 1. The molecule has 3 heteroatoms. The number of rotatable bonds is 20. The van der Waals surface area contributed by atoms with Crippen LogP contribution >= 0.6 is 0 Å². The number of fused-ring (bicyclic) bond motifs is 3. The van der Waals surface area contributed by atoms with Crippen LogP contribution in [-0.4, -0.2) is 26.3 Å². The van der Waals surface area contributed by atoms with Crippen LogP contribution < -0.4 is 0 Å². The Morgan fingerprint density at radius 1 is 0.711 bits per heavy atom. The first kappa shape index (κ1) is 30.4. The minimum atomic E-state index is -0.893. The van der Waals surface area contributed by atoms with Gasteiger partial charge in [0.2, 0.25) is 0 Å². The predicted molar refractivity (Wildman–Crippen MR) is 160 cm³/mol. The highest BCUT2D eigenvalue weighted by Crippen LogP contribution is 2.49. The maximum absolute atomic E-state index is 13.8. The Labute approximate surface area is 232 Å². The number of methoxy groups -OCH3 is 1. The van der Waals surface area contributed by atoms with E-state index in [1.165, 1.54) is 83.5 Å². The molecule has 3 rings (SSSR count). The van der Waals surface area contributed by atoms with Gasteiger partial charge in [-0.05, 0) is 34.6 Å². The van der Waals surface area contributed by atoms with E-state index in [0.29, 0.717) is 12.5 Å². The van der Waals surface area contributed by atoms with E-state index in [-0.39, 0.29) is 12.6 Å². The third kappa shape index (κ3) is 7.94. The van der Waals surface area contributed by atoms with E-state index in [4.69, 9.17) is 9.47 Å². The zero-order valence-electron chi connectivity index (χ0n) is 24.4. The summed E-state index contributed by atoms with van der Waals surface area (Å²) in [7, 11) is 1.67. The van der Waals surface area contributed by atoms with E-state index in [0.717, 1.165) is 35.1 Å². The van der Waals surface area contributed by atoms with Gasteiger partial charge in [-0.15, -0.1) is 0 Å². The number of ether oxygens (including phenoxy) is 2. The lowest BCUT2D eigenvalue weighted by molar-refractivity contribution is -0.152. The molecule has 0 aliphatic heterocycles. The molecule has 0 saturated carbocycles. The van der Waals surface area contributed by atoms with Crippen molar-refractivity contribution in [3.8, 4) is 11.1 Å². The molecule has 0 fully saturated rings. The van der Waals surface area contributed by atoms with Crippen molar-refractivity contribution in [3.63, 3.8) is 0 Å². The van der Waals surface area contributed by atoms with Crippen molar-refractivity contribution in [2.24, 2.45) is 5.92 Å². The van der Waals surface area contributed by atoms with Crippen LogP contribution in [0.25, 0.3) is 11.1 Å². The molecule has 1 atom stereocenters. The Hall–Kier alpha value is -2.13.